The topological polar surface area (TPSA) is 119 Å². The predicted octanol–water partition coefficient (Wildman–Crippen LogP) is 2.19. The molecule has 8 heteroatoms. The molecule has 0 spiro atoms. The molecule has 8 nitrogen and oxygen atoms in total. The molecule has 0 unspecified atom stereocenters. The number of hydrogen-bond acceptors (Lipinski definition) is 6. The second kappa shape index (κ2) is 8.02. The molecule has 0 aliphatic heterocycles. The third kappa shape index (κ3) is 4.61. The van der Waals surface area contributed by atoms with Crippen molar-refractivity contribution in [2.24, 2.45) is 0 Å². The minimum Gasteiger partial charge on any atom is -0.452 e. The van der Waals surface area contributed by atoms with Crippen LogP contribution in [0.15, 0.2) is 42.5 Å². The number of aryl methyl sites for hydroxylation is 1. The summed E-state index contributed by atoms with van der Waals surface area (Å²) < 4.78 is 4.89. The normalized spacial score (nSPS) is 10.2. The van der Waals surface area contributed by atoms with Crippen LogP contribution < -0.4 is 5.32 Å². The zero-order valence-corrected chi connectivity index (χ0v) is 13.4. The number of esters is 1. The molecule has 0 aliphatic carbocycles. The van der Waals surface area contributed by atoms with Gasteiger partial charge < -0.3 is 15.2 Å². The summed E-state index contributed by atoms with van der Waals surface area (Å²) in [5, 5.41) is 22.4. The summed E-state index contributed by atoms with van der Waals surface area (Å²) >= 11 is 0. The molecule has 130 valence electrons. The van der Waals surface area contributed by atoms with Gasteiger partial charge in [-0.05, 0) is 30.2 Å². The Bertz CT molecular complexity index is 801. The van der Waals surface area contributed by atoms with Crippen molar-refractivity contribution in [2.75, 3.05) is 11.9 Å². The van der Waals surface area contributed by atoms with Crippen LogP contribution in [0.3, 0.4) is 0 Å². The highest BCUT2D eigenvalue weighted by Gasteiger charge is 2.18. The van der Waals surface area contributed by atoms with Gasteiger partial charge in [0.2, 0.25) is 0 Å². The average Bonchev–Trinajstić information content (AvgIpc) is 2.61. The third-order valence-corrected chi connectivity index (χ3v) is 3.42. The Kier molecular flexibility index (Phi) is 5.80. The lowest BCUT2D eigenvalue weighted by Gasteiger charge is -2.09. The monoisotopic (exact) mass is 344 g/mol. The summed E-state index contributed by atoms with van der Waals surface area (Å²) in [7, 11) is 0. The van der Waals surface area contributed by atoms with Gasteiger partial charge in [-0.3, -0.25) is 14.9 Å². The molecule has 0 fully saturated rings. The Labute approximate surface area is 143 Å². The zero-order chi connectivity index (χ0) is 18.4. The maximum absolute atomic E-state index is 11.9. The van der Waals surface area contributed by atoms with Crippen LogP contribution in [-0.2, 0) is 16.1 Å². The number of carbonyl (C=O) groups excluding carboxylic acids is 2. The molecule has 0 radical (unpaired) electrons. The van der Waals surface area contributed by atoms with E-state index >= 15 is 0 Å². The summed E-state index contributed by atoms with van der Waals surface area (Å²) in [6.07, 6.45) is 0. The van der Waals surface area contributed by atoms with Crippen molar-refractivity contribution in [3.05, 3.63) is 69.3 Å². The molecule has 25 heavy (non-hydrogen) atoms. The van der Waals surface area contributed by atoms with Crippen LogP contribution in [0.4, 0.5) is 11.4 Å². The van der Waals surface area contributed by atoms with Gasteiger partial charge in [0.1, 0.15) is 5.69 Å². The molecule has 0 aromatic heterocycles. The molecule has 0 atom stereocenters. The van der Waals surface area contributed by atoms with Gasteiger partial charge in [0, 0.05) is 6.07 Å². The van der Waals surface area contributed by atoms with Crippen LogP contribution >= 0.6 is 0 Å². The highest BCUT2D eigenvalue weighted by atomic mass is 16.6. The summed E-state index contributed by atoms with van der Waals surface area (Å²) in [5.41, 5.74) is 1.22. The van der Waals surface area contributed by atoms with Crippen molar-refractivity contribution in [1.82, 2.24) is 0 Å². The van der Waals surface area contributed by atoms with Crippen molar-refractivity contribution in [3.8, 4) is 0 Å². The number of aliphatic hydroxyl groups excluding tert-OH is 1. The van der Waals surface area contributed by atoms with E-state index in [9.17, 15) is 19.7 Å². The summed E-state index contributed by atoms with van der Waals surface area (Å²) in [4.78, 5) is 34.2. The maximum atomic E-state index is 11.9. The van der Waals surface area contributed by atoms with Crippen molar-refractivity contribution in [3.63, 3.8) is 0 Å². The first-order valence-corrected chi connectivity index (χ1v) is 7.33. The molecule has 0 bridgehead atoms. The van der Waals surface area contributed by atoms with Crippen molar-refractivity contribution >= 4 is 23.3 Å². The van der Waals surface area contributed by atoms with E-state index in [1.807, 2.05) is 0 Å². The zero-order valence-electron chi connectivity index (χ0n) is 13.4. The van der Waals surface area contributed by atoms with Gasteiger partial charge in [0.25, 0.3) is 11.6 Å². The Morgan fingerprint density at radius 3 is 2.48 bits per heavy atom. The van der Waals surface area contributed by atoms with E-state index in [1.54, 1.807) is 25.1 Å². The van der Waals surface area contributed by atoms with Gasteiger partial charge in [-0.15, -0.1) is 0 Å². The second-order valence-corrected chi connectivity index (χ2v) is 5.21. The second-order valence-electron chi connectivity index (χ2n) is 5.21. The quantitative estimate of drug-likeness (QED) is 0.471. The molecule has 1 amide bonds. The van der Waals surface area contributed by atoms with E-state index in [2.05, 4.69) is 5.32 Å². The van der Waals surface area contributed by atoms with Crippen LogP contribution in [0.25, 0.3) is 0 Å². The van der Waals surface area contributed by atoms with Gasteiger partial charge in [0.05, 0.1) is 17.1 Å². The number of rotatable bonds is 6. The number of nitrogens with zero attached hydrogens (tertiary/aromatic N) is 1. The maximum Gasteiger partial charge on any atom is 0.338 e. The van der Waals surface area contributed by atoms with Crippen LogP contribution in [0.1, 0.15) is 21.5 Å². The molecule has 0 saturated carbocycles. The van der Waals surface area contributed by atoms with Gasteiger partial charge in [-0.1, -0.05) is 24.3 Å². The Hall–Kier alpha value is -3.26. The van der Waals surface area contributed by atoms with E-state index in [0.717, 1.165) is 0 Å². The fraction of sp³-hybridized carbons (Fsp3) is 0.176. The Balaban J connectivity index is 1.99. The van der Waals surface area contributed by atoms with Crippen LogP contribution in [0, 0.1) is 17.0 Å². The predicted molar refractivity (Wildman–Crippen MR) is 89.1 cm³/mol. The van der Waals surface area contributed by atoms with E-state index in [-0.39, 0.29) is 23.5 Å². The number of aliphatic hydroxyl groups is 1. The minimum atomic E-state index is -0.709. The third-order valence-electron chi connectivity index (χ3n) is 3.42. The smallest absolute Gasteiger partial charge is 0.338 e. The number of para-hydroxylation sites is 1. The lowest BCUT2D eigenvalue weighted by molar-refractivity contribution is -0.384. The molecule has 0 heterocycles. The SMILES string of the molecule is Cc1cccc([N+](=O)[O-])c1NC(=O)COC(=O)c1ccc(CO)cc1. The van der Waals surface area contributed by atoms with Crippen molar-refractivity contribution in [1.29, 1.82) is 0 Å². The first kappa shape index (κ1) is 18.1. The number of nitro benzene ring substituents is 1. The molecule has 2 aromatic carbocycles. The van der Waals surface area contributed by atoms with Gasteiger partial charge in [0.15, 0.2) is 6.61 Å². The molecule has 2 N–H and O–H groups in total. The van der Waals surface area contributed by atoms with Crippen molar-refractivity contribution in [2.45, 2.75) is 13.5 Å². The molecule has 2 rings (SSSR count). The van der Waals surface area contributed by atoms with Crippen LogP contribution in [0.2, 0.25) is 0 Å². The Morgan fingerprint density at radius 2 is 1.88 bits per heavy atom. The number of nitrogens with one attached hydrogen (secondary N) is 1. The van der Waals surface area contributed by atoms with Gasteiger partial charge in [-0.2, -0.15) is 0 Å². The highest BCUT2D eigenvalue weighted by molar-refractivity contribution is 5.97. The number of benzene rings is 2. The Morgan fingerprint density at radius 1 is 1.20 bits per heavy atom. The van der Waals surface area contributed by atoms with Crippen LogP contribution in [-0.4, -0.2) is 28.5 Å². The summed E-state index contributed by atoms with van der Waals surface area (Å²) in [6, 6.07) is 10.5. The number of hydrogen-bond donors (Lipinski definition) is 2. The fourth-order valence-corrected chi connectivity index (χ4v) is 2.10. The molecule has 0 aliphatic rings. The van der Waals surface area contributed by atoms with E-state index < -0.39 is 23.4 Å². The molecule has 0 saturated heterocycles. The molecule has 2 aromatic rings. The number of anilines is 1. The molecular formula is C17H16N2O6. The number of ether oxygens (including phenoxy) is 1. The van der Waals surface area contributed by atoms with E-state index in [4.69, 9.17) is 9.84 Å². The lowest BCUT2D eigenvalue weighted by Crippen LogP contribution is -2.22. The van der Waals surface area contributed by atoms with Gasteiger partial charge >= 0.3 is 5.97 Å². The number of amides is 1. The first-order chi connectivity index (χ1) is 11.9. The fourth-order valence-electron chi connectivity index (χ4n) is 2.10. The largest absolute Gasteiger partial charge is 0.452 e. The van der Waals surface area contributed by atoms with Crippen LogP contribution in [0.5, 0.6) is 0 Å². The van der Waals surface area contributed by atoms with Crippen molar-refractivity contribution < 1.29 is 24.4 Å². The highest BCUT2D eigenvalue weighted by Crippen LogP contribution is 2.27. The van der Waals surface area contributed by atoms with E-state index in [1.165, 1.54) is 24.3 Å². The standard InChI is InChI=1S/C17H16N2O6/c1-11-3-2-4-14(19(23)24)16(11)18-15(21)10-25-17(22)13-7-5-12(9-20)6-8-13/h2-8,20H,9-10H2,1H3,(H,18,21). The lowest BCUT2D eigenvalue weighted by atomic mass is 10.1. The molecular weight excluding hydrogens is 328 g/mol. The first-order valence-electron chi connectivity index (χ1n) is 7.33. The summed E-state index contributed by atoms with van der Waals surface area (Å²) in [5.74, 6) is -1.39. The average molecular weight is 344 g/mol. The number of nitro groups is 1. The summed E-state index contributed by atoms with van der Waals surface area (Å²) in [6.45, 7) is 0.899. The van der Waals surface area contributed by atoms with E-state index in [0.29, 0.717) is 11.1 Å². The minimum absolute atomic E-state index is 0.0702. The number of carbonyl (C=O) groups is 2. The van der Waals surface area contributed by atoms with Gasteiger partial charge in [-0.25, -0.2) is 4.79 Å².